The molecule has 0 unspecified atom stereocenters. The first-order valence-corrected chi connectivity index (χ1v) is 2.65. The lowest BCUT2D eigenvalue weighted by atomic mass is 10.1. The first-order chi connectivity index (χ1) is 4.79. The van der Waals surface area contributed by atoms with Crippen LogP contribution in [-0.2, 0) is 0 Å². The molecule has 0 atom stereocenters. The van der Waals surface area contributed by atoms with Crippen molar-refractivity contribution in [1.29, 1.82) is 10.8 Å². The lowest BCUT2D eigenvalue weighted by molar-refractivity contribution is 1.44. The molecule has 4 nitrogen and oxygen atoms in total. The second-order valence-corrected chi connectivity index (χ2v) is 1.53. The van der Waals surface area contributed by atoms with Crippen LogP contribution in [0.5, 0.6) is 0 Å². The lowest BCUT2D eigenvalue weighted by Crippen LogP contribution is -1.98. The molecule has 54 valence electrons. The molecule has 10 heavy (non-hydrogen) atoms. The van der Waals surface area contributed by atoms with Gasteiger partial charge in [0.2, 0.25) is 0 Å². The Labute approximate surface area is 59.2 Å². The van der Waals surface area contributed by atoms with Gasteiger partial charge in [-0.1, -0.05) is 0 Å². The Morgan fingerprint density at radius 2 is 1.20 bits per heavy atom. The summed E-state index contributed by atoms with van der Waals surface area (Å²) in [4.78, 5) is 0. The average Bonchev–Trinajstić information content (AvgIpc) is 2.00. The van der Waals surface area contributed by atoms with Gasteiger partial charge in [0.1, 0.15) is 0 Å². The number of rotatable bonds is 3. The predicted molar refractivity (Wildman–Crippen MR) is 42.1 cm³/mol. The highest BCUT2D eigenvalue weighted by molar-refractivity contribution is 5.96. The highest BCUT2D eigenvalue weighted by atomic mass is 14.5. The zero-order valence-corrected chi connectivity index (χ0v) is 5.46. The van der Waals surface area contributed by atoms with E-state index in [2.05, 4.69) is 0 Å². The Hall–Kier alpha value is -1.58. The molecule has 0 saturated heterocycles. The summed E-state index contributed by atoms with van der Waals surface area (Å²) in [6.45, 7) is 0. The third kappa shape index (κ3) is 1.74. The summed E-state index contributed by atoms with van der Waals surface area (Å²) in [5, 5.41) is 13.6. The van der Waals surface area contributed by atoms with Crippen molar-refractivity contribution < 1.29 is 0 Å². The SMILES string of the molecule is N=CC(=C/N)/C(C=N)=C\N. The fourth-order valence-corrected chi connectivity index (χ4v) is 0.455. The van der Waals surface area contributed by atoms with Gasteiger partial charge in [-0.25, -0.2) is 0 Å². The number of nitrogens with one attached hydrogen (secondary N) is 2. The van der Waals surface area contributed by atoms with Gasteiger partial charge in [-0.05, 0) is 0 Å². The number of hydrogen-bond donors (Lipinski definition) is 4. The van der Waals surface area contributed by atoms with E-state index in [-0.39, 0.29) is 0 Å². The summed E-state index contributed by atoms with van der Waals surface area (Å²) in [6, 6.07) is 0. The molecule has 0 aromatic heterocycles. The van der Waals surface area contributed by atoms with E-state index in [0.29, 0.717) is 11.1 Å². The first kappa shape index (κ1) is 8.42. The lowest BCUT2D eigenvalue weighted by Gasteiger charge is -1.96. The first-order valence-electron chi connectivity index (χ1n) is 2.65. The van der Waals surface area contributed by atoms with Crippen molar-refractivity contribution in [3.8, 4) is 0 Å². The quantitative estimate of drug-likeness (QED) is 0.325. The number of hydrogen-bond acceptors (Lipinski definition) is 4. The van der Waals surface area contributed by atoms with E-state index in [0.717, 1.165) is 12.4 Å². The van der Waals surface area contributed by atoms with E-state index in [1.54, 1.807) is 0 Å². The minimum absolute atomic E-state index is 0.442. The molecule has 0 aromatic rings. The maximum Gasteiger partial charge on any atom is 0.0271 e. The molecule has 0 fully saturated rings. The molecule has 6 N–H and O–H groups in total. The number of nitrogens with two attached hydrogens (primary N) is 2. The van der Waals surface area contributed by atoms with Gasteiger partial charge >= 0.3 is 0 Å². The summed E-state index contributed by atoms with van der Waals surface area (Å²) >= 11 is 0. The van der Waals surface area contributed by atoms with Crippen molar-refractivity contribution in [2.24, 2.45) is 11.5 Å². The standard InChI is InChI=1S/C6H10N4/c7-1-5(2-8)6(3-9)4-10/h1-4,7,9H,8,10H2/b5-2-,6-4-,7-1?,9-3?. The zero-order valence-electron chi connectivity index (χ0n) is 5.46. The molecule has 0 rings (SSSR count). The Kier molecular flexibility index (Phi) is 3.63. The van der Waals surface area contributed by atoms with Crippen LogP contribution in [0, 0.1) is 10.8 Å². The van der Waals surface area contributed by atoms with Gasteiger partial charge in [0.05, 0.1) is 0 Å². The largest absolute Gasteiger partial charge is 0.404 e. The molecule has 0 amide bonds. The highest BCUT2D eigenvalue weighted by Gasteiger charge is 1.94. The third-order valence-corrected chi connectivity index (χ3v) is 1.00. The maximum atomic E-state index is 6.82. The van der Waals surface area contributed by atoms with Gasteiger partial charge in [0, 0.05) is 36.0 Å². The third-order valence-electron chi connectivity index (χ3n) is 1.00. The van der Waals surface area contributed by atoms with E-state index in [4.69, 9.17) is 22.3 Å². The molecule has 0 aliphatic heterocycles. The fraction of sp³-hybridized carbons (Fsp3) is 0. The molecule has 0 aromatic carbocycles. The molecule has 0 heterocycles. The maximum absolute atomic E-state index is 6.82. The molecule has 0 saturated carbocycles. The highest BCUT2D eigenvalue weighted by Crippen LogP contribution is 1.99. The zero-order chi connectivity index (χ0) is 7.98. The van der Waals surface area contributed by atoms with E-state index in [1.165, 1.54) is 12.4 Å². The van der Waals surface area contributed by atoms with Gasteiger partial charge in [-0.3, -0.25) is 0 Å². The van der Waals surface area contributed by atoms with Gasteiger partial charge in [0.25, 0.3) is 0 Å². The summed E-state index contributed by atoms with van der Waals surface area (Å²) in [5.41, 5.74) is 11.1. The van der Waals surface area contributed by atoms with Gasteiger partial charge in [0.15, 0.2) is 0 Å². The molecular weight excluding hydrogens is 128 g/mol. The normalized spacial score (nSPS) is 12.8. The van der Waals surface area contributed by atoms with Crippen LogP contribution < -0.4 is 11.5 Å². The summed E-state index contributed by atoms with van der Waals surface area (Å²) < 4.78 is 0. The smallest absolute Gasteiger partial charge is 0.0271 e. The van der Waals surface area contributed by atoms with Crippen molar-refractivity contribution in [1.82, 2.24) is 0 Å². The van der Waals surface area contributed by atoms with Crippen LogP contribution in [0.1, 0.15) is 0 Å². The topological polar surface area (TPSA) is 99.7 Å². The molecule has 4 heteroatoms. The Bertz CT molecular complexity index is 168. The molecule has 0 spiro atoms. The minimum atomic E-state index is 0.442. The number of allylic oxidation sites excluding steroid dienone is 2. The summed E-state index contributed by atoms with van der Waals surface area (Å²) in [6.07, 6.45) is 4.56. The molecule has 0 bridgehead atoms. The Morgan fingerprint density at radius 3 is 1.30 bits per heavy atom. The van der Waals surface area contributed by atoms with Crippen LogP contribution in [0.4, 0.5) is 0 Å². The van der Waals surface area contributed by atoms with Crippen molar-refractivity contribution in [3.05, 3.63) is 23.5 Å². The summed E-state index contributed by atoms with van der Waals surface area (Å²) in [5.74, 6) is 0. The molecular formula is C6H10N4. The van der Waals surface area contributed by atoms with Crippen LogP contribution in [0.25, 0.3) is 0 Å². The average molecular weight is 138 g/mol. The van der Waals surface area contributed by atoms with Gasteiger partial charge < -0.3 is 22.3 Å². The molecule has 0 aliphatic rings. The van der Waals surface area contributed by atoms with Crippen molar-refractivity contribution >= 4 is 12.4 Å². The van der Waals surface area contributed by atoms with Crippen LogP contribution in [0.15, 0.2) is 23.5 Å². The van der Waals surface area contributed by atoms with Crippen molar-refractivity contribution in [2.75, 3.05) is 0 Å². The Morgan fingerprint density at radius 1 is 0.900 bits per heavy atom. The van der Waals surface area contributed by atoms with E-state index in [9.17, 15) is 0 Å². The minimum Gasteiger partial charge on any atom is -0.404 e. The second-order valence-electron chi connectivity index (χ2n) is 1.53. The monoisotopic (exact) mass is 138 g/mol. The van der Waals surface area contributed by atoms with Crippen molar-refractivity contribution in [3.63, 3.8) is 0 Å². The summed E-state index contributed by atoms with van der Waals surface area (Å²) in [7, 11) is 0. The van der Waals surface area contributed by atoms with Crippen LogP contribution in [0.2, 0.25) is 0 Å². The van der Waals surface area contributed by atoms with Crippen LogP contribution in [0.3, 0.4) is 0 Å². The molecule has 0 radical (unpaired) electrons. The molecule has 0 aliphatic carbocycles. The predicted octanol–water partition coefficient (Wildman–Crippen LogP) is -0.0293. The van der Waals surface area contributed by atoms with E-state index < -0.39 is 0 Å². The van der Waals surface area contributed by atoms with Gasteiger partial charge in [-0.2, -0.15) is 0 Å². The van der Waals surface area contributed by atoms with Gasteiger partial charge in [-0.15, -0.1) is 0 Å². The van der Waals surface area contributed by atoms with Crippen LogP contribution in [-0.4, -0.2) is 12.4 Å². The fourth-order valence-electron chi connectivity index (χ4n) is 0.455. The Balaban J connectivity index is 4.58. The van der Waals surface area contributed by atoms with Crippen molar-refractivity contribution in [2.45, 2.75) is 0 Å². The van der Waals surface area contributed by atoms with E-state index in [1.807, 2.05) is 0 Å². The second kappa shape index (κ2) is 4.31. The van der Waals surface area contributed by atoms with Crippen LogP contribution >= 0.6 is 0 Å². The van der Waals surface area contributed by atoms with E-state index >= 15 is 0 Å².